The van der Waals surface area contributed by atoms with Crippen molar-refractivity contribution in [3.05, 3.63) is 81.4 Å². The summed E-state index contributed by atoms with van der Waals surface area (Å²) in [4.78, 5) is 28.2. The second-order valence-electron chi connectivity index (χ2n) is 5.56. The summed E-state index contributed by atoms with van der Waals surface area (Å²) in [6.07, 6.45) is 1.67. The largest absolute Gasteiger partial charge is 0.507 e. The van der Waals surface area contributed by atoms with Crippen LogP contribution in [0.4, 0.5) is 4.39 Å². The van der Waals surface area contributed by atoms with Gasteiger partial charge in [-0.15, -0.1) is 0 Å². The molecule has 0 bridgehead atoms. The highest BCUT2D eigenvalue weighted by molar-refractivity contribution is 5.77. The van der Waals surface area contributed by atoms with Gasteiger partial charge in [-0.1, -0.05) is 12.1 Å². The van der Waals surface area contributed by atoms with E-state index in [-0.39, 0.29) is 5.75 Å². The van der Waals surface area contributed by atoms with Crippen molar-refractivity contribution in [2.75, 3.05) is 0 Å². The average Bonchev–Trinajstić information content (AvgIpc) is 3.01. The van der Waals surface area contributed by atoms with Gasteiger partial charge >= 0.3 is 5.69 Å². The molecule has 7 heteroatoms. The zero-order chi connectivity index (χ0) is 17.6. The Kier molecular flexibility index (Phi) is 3.28. The summed E-state index contributed by atoms with van der Waals surface area (Å²) in [6, 6.07) is 12.3. The Morgan fingerprint density at radius 2 is 1.72 bits per heavy atom. The Labute approximate surface area is 139 Å². The number of benzene rings is 2. The smallest absolute Gasteiger partial charge is 0.326 e. The lowest BCUT2D eigenvalue weighted by Crippen LogP contribution is -2.22. The monoisotopic (exact) mass is 337 g/mol. The third-order valence-corrected chi connectivity index (χ3v) is 3.99. The molecule has 4 rings (SSSR count). The van der Waals surface area contributed by atoms with Crippen LogP contribution in [0.2, 0.25) is 0 Å². The van der Waals surface area contributed by atoms with Gasteiger partial charge in [-0.25, -0.2) is 9.18 Å². The van der Waals surface area contributed by atoms with Crippen LogP contribution in [0.1, 0.15) is 0 Å². The first-order chi connectivity index (χ1) is 12.0. The number of H-pyrrole nitrogens is 2. The molecule has 0 spiro atoms. The summed E-state index contributed by atoms with van der Waals surface area (Å²) < 4.78 is 15.0. The minimum Gasteiger partial charge on any atom is -0.507 e. The lowest BCUT2D eigenvalue weighted by Gasteiger charge is -2.08. The highest BCUT2D eigenvalue weighted by Crippen LogP contribution is 2.30. The summed E-state index contributed by atoms with van der Waals surface area (Å²) in [7, 11) is 0. The Morgan fingerprint density at radius 3 is 2.48 bits per heavy atom. The summed E-state index contributed by atoms with van der Waals surface area (Å²) >= 11 is 0. The van der Waals surface area contributed by atoms with Crippen LogP contribution in [0, 0.1) is 5.82 Å². The molecule has 124 valence electrons. The van der Waals surface area contributed by atoms with Crippen molar-refractivity contribution in [1.82, 2.24) is 14.5 Å². The maximum absolute atomic E-state index is 13.4. The first kappa shape index (κ1) is 14.9. The van der Waals surface area contributed by atoms with E-state index in [4.69, 9.17) is 0 Å². The predicted molar refractivity (Wildman–Crippen MR) is 91.6 cm³/mol. The van der Waals surface area contributed by atoms with Gasteiger partial charge in [-0.05, 0) is 42.0 Å². The Morgan fingerprint density at radius 1 is 0.960 bits per heavy atom. The number of hydrogen-bond acceptors (Lipinski definition) is 3. The van der Waals surface area contributed by atoms with Crippen LogP contribution in [0.25, 0.3) is 27.8 Å². The number of aromatic hydroxyl groups is 1. The fraction of sp³-hybridized carbons (Fsp3) is 0. The molecule has 0 atom stereocenters. The maximum Gasteiger partial charge on any atom is 0.326 e. The molecule has 25 heavy (non-hydrogen) atoms. The summed E-state index contributed by atoms with van der Waals surface area (Å²) in [5, 5.41) is 9.89. The topological polar surface area (TPSA) is 90.9 Å². The number of rotatable bonds is 2. The third-order valence-electron chi connectivity index (χ3n) is 3.99. The number of halogens is 1. The summed E-state index contributed by atoms with van der Waals surface area (Å²) in [6.45, 7) is 0. The third kappa shape index (κ3) is 2.51. The number of aromatic amines is 2. The molecule has 6 nitrogen and oxygen atoms in total. The fourth-order valence-corrected chi connectivity index (χ4v) is 2.84. The van der Waals surface area contributed by atoms with Gasteiger partial charge in [0.15, 0.2) is 0 Å². The van der Waals surface area contributed by atoms with Gasteiger partial charge in [0.2, 0.25) is 0 Å². The standard InChI is InChI=1S/C18H12FN3O3/c19-11-3-6-15(23)13(9-11)10-1-4-12(5-2-10)22-8-7-14-16(22)17(24)21-18(25)20-14/h1-9,23H,(H2,20,21,24,25). The van der Waals surface area contributed by atoms with E-state index in [1.165, 1.54) is 18.2 Å². The molecule has 2 heterocycles. The first-order valence-electron chi connectivity index (χ1n) is 7.46. The van der Waals surface area contributed by atoms with E-state index in [1.54, 1.807) is 41.1 Å². The number of nitrogens with zero attached hydrogens (tertiary/aromatic N) is 1. The van der Waals surface area contributed by atoms with Crippen LogP contribution in [-0.2, 0) is 0 Å². The normalized spacial score (nSPS) is 11.1. The van der Waals surface area contributed by atoms with E-state index in [2.05, 4.69) is 9.97 Å². The predicted octanol–water partition coefficient (Wildman–Crippen LogP) is 2.52. The van der Waals surface area contributed by atoms with Gasteiger partial charge in [0.1, 0.15) is 17.1 Å². The minimum absolute atomic E-state index is 0.0189. The molecule has 2 aromatic carbocycles. The van der Waals surface area contributed by atoms with Gasteiger partial charge < -0.3 is 14.7 Å². The SMILES string of the molecule is O=c1[nH]c(=O)c2c(ccn2-c2ccc(-c3cc(F)ccc3O)cc2)[nH]1. The second-order valence-corrected chi connectivity index (χ2v) is 5.56. The molecule has 0 saturated carbocycles. The Bertz CT molecular complexity index is 1200. The van der Waals surface area contributed by atoms with E-state index in [0.29, 0.717) is 27.8 Å². The van der Waals surface area contributed by atoms with E-state index in [9.17, 15) is 19.1 Å². The van der Waals surface area contributed by atoms with Crippen LogP contribution in [-0.4, -0.2) is 19.6 Å². The van der Waals surface area contributed by atoms with Crippen LogP contribution >= 0.6 is 0 Å². The molecule has 0 saturated heterocycles. The van der Waals surface area contributed by atoms with Crippen LogP contribution in [0.15, 0.2) is 64.3 Å². The number of fused-ring (bicyclic) bond motifs is 1. The van der Waals surface area contributed by atoms with Crippen LogP contribution < -0.4 is 11.2 Å². The Balaban J connectivity index is 1.83. The van der Waals surface area contributed by atoms with Gasteiger partial charge in [-0.2, -0.15) is 0 Å². The quantitative estimate of drug-likeness (QED) is 0.525. The Hall–Kier alpha value is -3.61. The van der Waals surface area contributed by atoms with Crippen molar-refractivity contribution in [3.63, 3.8) is 0 Å². The van der Waals surface area contributed by atoms with Gasteiger partial charge in [0, 0.05) is 17.4 Å². The average molecular weight is 337 g/mol. The number of hydrogen-bond donors (Lipinski definition) is 3. The van der Waals surface area contributed by atoms with E-state index < -0.39 is 17.1 Å². The summed E-state index contributed by atoms with van der Waals surface area (Å²) in [5.74, 6) is -0.460. The van der Waals surface area contributed by atoms with Crippen molar-refractivity contribution in [2.24, 2.45) is 0 Å². The van der Waals surface area contributed by atoms with E-state index >= 15 is 0 Å². The zero-order valence-corrected chi connectivity index (χ0v) is 12.8. The zero-order valence-electron chi connectivity index (χ0n) is 12.8. The molecule has 0 unspecified atom stereocenters. The van der Waals surface area contributed by atoms with E-state index in [1.807, 2.05) is 0 Å². The maximum atomic E-state index is 13.4. The molecule has 2 aromatic heterocycles. The molecule has 0 radical (unpaired) electrons. The fourth-order valence-electron chi connectivity index (χ4n) is 2.84. The van der Waals surface area contributed by atoms with E-state index in [0.717, 1.165) is 0 Å². The molecular formula is C18H12FN3O3. The number of phenolic OH excluding ortho intramolecular Hbond substituents is 1. The van der Waals surface area contributed by atoms with Gasteiger partial charge in [0.25, 0.3) is 5.56 Å². The van der Waals surface area contributed by atoms with Gasteiger partial charge in [0.05, 0.1) is 5.52 Å². The second kappa shape index (κ2) is 5.48. The lowest BCUT2D eigenvalue weighted by atomic mass is 10.0. The van der Waals surface area contributed by atoms with Crippen LogP contribution in [0.3, 0.4) is 0 Å². The molecule has 3 N–H and O–H groups in total. The van der Waals surface area contributed by atoms with Crippen molar-refractivity contribution >= 4 is 11.0 Å². The molecular weight excluding hydrogens is 325 g/mol. The highest BCUT2D eigenvalue weighted by Gasteiger charge is 2.10. The number of nitrogens with one attached hydrogen (secondary N) is 2. The van der Waals surface area contributed by atoms with Crippen molar-refractivity contribution in [3.8, 4) is 22.6 Å². The molecule has 0 amide bonds. The first-order valence-corrected chi connectivity index (χ1v) is 7.46. The minimum atomic E-state index is -0.563. The van der Waals surface area contributed by atoms with Gasteiger partial charge in [-0.3, -0.25) is 9.78 Å². The van der Waals surface area contributed by atoms with Crippen molar-refractivity contribution in [2.45, 2.75) is 0 Å². The molecule has 0 aliphatic carbocycles. The molecule has 4 aromatic rings. The van der Waals surface area contributed by atoms with Crippen molar-refractivity contribution in [1.29, 1.82) is 0 Å². The van der Waals surface area contributed by atoms with Crippen molar-refractivity contribution < 1.29 is 9.50 Å². The molecule has 0 aliphatic heterocycles. The summed E-state index contributed by atoms with van der Waals surface area (Å²) in [5.41, 5.74) is 1.40. The molecule has 0 aliphatic rings. The number of aromatic nitrogens is 3. The van der Waals surface area contributed by atoms with Crippen LogP contribution in [0.5, 0.6) is 5.75 Å². The lowest BCUT2D eigenvalue weighted by molar-refractivity contribution is 0.475. The number of phenols is 1. The molecule has 0 fully saturated rings. The highest BCUT2D eigenvalue weighted by atomic mass is 19.1.